The zero-order valence-corrected chi connectivity index (χ0v) is 17.7. The Labute approximate surface area is 174 Å². The first-order chi connectivity index (χ1) is 14.3. The molecule has 0 aromatic heterocycles. The van der Waals surface area contributed by atoms with Gasteiger partial charge in [-0.05, 0) is 36.4 Å². The van der Waals surface area contributed by atoms with Crippen LogP contribution >= 0.6 is 0 Å². The Morgan fingerprint density at radius 1 is 0.655 bits per heavy atom. The Morgan fingerprint density at radius 2 is 1.28 bits per heavy atom. The van der Waals surface area contributed by atoms with Crippen molar-refractivity contribution in [1.82, 2.24) is 0 Å². The van der Waals surface area contributed by atoms with Crippen molar-refractivity contribution < 1.29 is 14.2 Å². The molecule has 0 bridgehead atoms. The topological polar surface area (TPSA) is 27.7 Å². The molecule has 0 heterocycles. The van der Waals surface area contributed by atoms with Crippen LogP contribution in [0.25, 0.3) is 10.8 Å². The van der Waals surface area contributed by atoms with Crippen LogP contribution in [0.2, 0.25) is 0 Å². The van der Waals surface area contributed by atoms with Gasteiger partial charge in [0.05, 0.1) is 13.2 Å². The minimum Gasteiger partial charge on any atom is -0.489 e. The maximum absolute atomic E-state index is 6.28. The average Bonchev–Trinajstić information content (AvgIpc) is 2.76. The fourth-order valence-corrected chi connectivity index (χ4v) is 3.29. The first-order valence-corrected chi connectivity index (χ1v) is 10.9. The lowest BCUT2D eigenvalue weighted by molar-refractivity contribution is 0.254. The van der Waals surface area contributed by atoms with E-state index in [4.69, 9.17) is 14.2 Å². The molecule has 0 saturated carbocycles. The first-order valence-electron chi connectivity index (χ1n) is 10.9. The molecular weight excluding hydrogens is 360 g/mol. The minimum atomic E-state index is 0.655. The molecule has 29 heavy (non-hydrogen) atoms. The second-order valence-corrected chi connectivity index (χ2v) is 7.28. The number of fused-ring (bicyclic) bond motifs is 1. The van der Waals surface area contributed by atoms with E-state index in [2.05, 4.69) is 32.0 Å². The van der Waals surface area contributed by atoms with E-state index in [0.717, 1.165) is 54.4 Å². The Morgan fingerprint density at radius 3 is 1.97 bits per heavy atom. The van der Waals surface area contributed by atoms with Gasteiger partial charge in [-0.25, -0.2) is 0 Å². The van der Waals surface area contributed by atoms with E-state index in [1.807, 2.05) is 42.5 Å². The van der Waals surface area contributed by atoms with Crippen LogP contribution in [0.1, 0.15) is 52.4 Å². The molecule has 0 aliphatic rings. The molecule has 0 atom stereocenters. The quantitative estimate of drug-likeness (QED) is 0.295. The smallest absolute Gasteiger partial charge is 0.204 e. The van der Waals surface area contributed by atoms with E-state index < -0.39 is 0 Å². The molecule has 0 fully saturated rings. The largest absolute Gasteiger partial charge is 0.489 e. The molecule has 3 nitrogen and oxygen atoms in total. The van der Waals surface area contributed by atoms with Gasteiger partial charge < -0.3 is 14.2 Å². The van der Waals surface area contributed by atoms with E-state index in [1.54, 1.807) is 0 Å². The van der Waals surface area contributed by atoms with Gasteiger partial charge in [-0.1, -0.05) is 82.0 Å². The third-order valence-electron chi connectivity index (χ3n) is 4.88. The van der Waals surface area contributed by atoms with Gasteiger partial charge in [-0.3, -0.25) is 0 Å². The van der Waals surface area contributed by atoms with Gasteiger partial charge in [0.15, 0.2) is 11.5 Å². The van der Waals surface area contributed by atoms with Crippen molar-refractivity contribution in [1.29, 1.82) is 0 Å². The fourth-order valence-electron chi connectivity index (χ4n) is 3.29. The maximum atomic E-state index is 6.28. The van der Waals surface area contributed by atoms with E-state index in [-0.39, 0.29) is 0 Å². The number of hydrogen-bond acceptors (Lipinski definition) is 3. The predicted octanol–water partition coefficient (Wildman–Crippen LogP) is 7.77. The molecule has 0 aliphatic heterocycles. The van der Waals surface area contributed by atoms with Crippen molar-refractivity contribution in [2.75, 3.05) is 13.2 Å². The Kier molecular flexibility index (Phi) is 8.24. The summed E-state index contributed by atoms with van der Waals surface area (Å²) in [7, 11) is 0. The minimum absolute atomic E-state index is 0.655. The molecule has 0 aliphatic carbocycles. The first kappa shape index (κ1) is 21.0. The van der Waals surface area contributed by atoms with Crippen LogP contribution in [0.3, 0.4) is 0 Å². The Balaban J connectivity index is 1.98. The number of unbranched alkanes of at least 4 members (excludes halogenated alkanes) is 4. The summed E-state index contributed by atoms with van der Waals surface area (Å²) in [6.45, 7) is 5.73. The summed E-state index contributed by atoms with van der Waals surface area (Å²) < 4.78 is 18.8. The molecule has 0 amide bonds. The number of para-hydroxylation sites is 1. The molecule has 0 unspecified atom stereocenters. The zero-order valence-electron chi connectivity index (χ0n) is 17.7. The Bertz CT molecular complexity index is 874. The van der Waals surface area contributed by atoms with E-state index in [1.165, 1.54) is 6.42 Å². The van der Waals surface area contributed by atoms with Crippen molar-refractivity contribution in [3.8, 4) is 23.0 Å². The normalized spacial score (nSPS) is 10.8. The van der Waals surface area contributed by atoms with Crippen LogP contribution in [0.15, 0.2) is 60.7 Å². The molecule has 3 rings (SSSR count). The summed E-state index contributed by atoms with van der Waals surface area (Å²) in [6.07, 6.45) is 6.68. The summed E-state index contributed by atoms with van der Waals surface area (Å²) in [5.74, 6) is 3.00. The van der Waals surface area contributed by atoms with Gasteiger partial charge in [0.1, 0.15) is 5.75 Å². The summed E-state index contributed by atoms with van der Waals surface area (Å²) >= 11 is 0. The Hall–Kier alpha value is -2.68. The van der Waals surface area contributed by atoms with Gasteiger partial charge in [-0.15, -0.1) is 0 Å². The molecule has 0 radical (unpaired) electrons. The number of rotatable bonds is 12. The van der Waals surface area contributed by atoms with Gasteiger partial charge in [0.2, 0.25) is 5.75 Å². The summed E-state index contributed by atoms with van der Waals surface area (Å²) in [5.41, 5.74) is 0. The van der Waals surface area contributed by atoms with Crippen LogP contribution in [-0.4, -0.2) is 13.2 Å². The lowest BCUT2D eigenvalue weighted by atomic mass is 10.1. The van der Waals surface area contributed by atoms with Crippen molar-refractivity contribution in [3.05, 3.63) is 60.7 Å². The van der Waals surface area contributed by atoms with Crippen LogP contribution in [0, 0.1) is 0 Å². The molecule has 3 heteroatoms. The van der Waals surface area contributed by atoms with Crippen LogP contribution < -0.4 is 14.2 Å². The highest BCUT2D eigenvalue weighted by molar-refractivity contribution is 5.93. The molecule has 0 spiro atoms. The number of hydrogen-bond donors (Lipinski definition) is 0. The van der Waals surface area contributed by atoms with E-state index in [0.29, 0.717) is 24.7 Å². The highest BCUT2D eigenvalue weighted by atomic mass is 16.5. The molecular formula is C26H32O3. The van der Waals surface area contributed by atoms with Gasteiger partial charge in [-0.2, -0.15) is 0 Å². The van der Waals surface area contributed by atoms with Gasteiger partial charge >= 0.3 is 0 Å². The summed E-state index contributed by atoms with van der Waals surface area (Å²) in [4.78, 5) is 0. The van der Waals surface area contributed by atoms with Gasteiger partial charge in [0, 0.05) is 5.39 Å². The second-order valence-electron chi connectivity index (χ2n) is 7.28. The fraction of sp³-hybridized carbons (Fsp3) is 0.385. The standard InChI is InChI=1S/C26H32O3/c1-3-5-12-18-27-25-23-17-11-10-14-21(23)20-24(26(25)28-19-13-6-4-2)29-22-15-8-7-9-16-22/h7-11,14-17,20H,3-6,12-13,18-19H2,1-2H3. The van der Waals surface area contributed by atoms with Crippen molar-refractivity contribution >= 4 is 10.8 Å². The van der Waals surface area contributed by atoms with Crippen molar-refractivity contribution in [2.45, 2.75) is 52.4 Å². The number of benzene rings is 3. The summed E-state index contributed by atoms with van der Waals surface area (Å²) in [5, 5.41) is 2.15. The molecule has 0 saturated heterocycles. The van der Waals surface area contributed by atoms with E-state index >= 15 is 0 Å². The third-order valence-corrected chi connectivity index (χ3v) is 4.88. The molecule has 3 aromatic rings. The predicted molar refractivity (Wildman–Crippen MR) is 121 cm³/mol. The average molecular weight is 393 g/mol. The number of ether oxygens (including phenoxy) is 3. The highest BCUT2D eigenvalue weighted by Crippen LogP contribution is 2.45. The molecule has 0 N–H and O–H groups in total. The highest BCUT2D eigenvalue weighted by Gasteiger charge is 2.18. The van der Waals surface area contributed by atoms with Gasteiger partial charge in [0.25, 0.3) is 0 Å². The van der Waals surface area contributed by atoms with Crippen molar-refractivity contribution in [3.63, 3.8) is 0 Å². The zero-order chi connectivity index (χ0) is 20.3. The molecule has 154 valence electrons. The van der Waals surface area contributed by atoms with Crippen molar-refractivity contribution in [2.24, 2.45) is 0 Å². The van der Waals surface area contributed by atoms with E-state index in [9.17, 15) is 0 Å². The lowest BCUT2D eigenvalue weighted by Gasteiger charge is -2.19. The second kappa shape index (κ2) is 11.4. The third kappa shape index (κ3) is 5.90. The van der Waals surface area contributed by atoms with Crippen LogP contribution in [-0.2, 0) is 0 Å². The van der Waals surface area contributed by atoms with Crippen LogP contribution in [0.4, 0.5) is 0 Å². The van der Waals surface area contributed by atoms with Crippen LogP contribution in [0.5, 0.6) is 23.0 Å². The maximum Gasteiger partial charge on any atom is 0.204 e. The molecule has 3 aromatic carbocycles. The lowest BCUT2D eigenvalue weighted by Crippen LogP contribution is -2.05. The monoisotopic (exact) mass is 392 g/mol. The SMILES string of the molecule is CCCCCOc1c(Oc2ccccc2)cc2ccccc2c1OCCCCC. The summed E-state index contributed by atoms with van der Waals surface area (Å²) in [6, 6.07) is 20.2.